The van der Waals surface area contributed by atoms with E-state index in [4.69, 9.17) is 4.74 Å². The van der Waals surface area contributed by atoms with Gasteiger partial charge in [0, 0.05) is 43.1 Å². The number of fused-ring (bicyclic) bond motifs is 1. The zero-order valence-corrected chi connectivity index (χ0v) is 21.2. The predicted octanol–water partition coefficient (Wildman–Crippen LogP) is 5.07. The molecule has 0 bridgehead atoms. The van der Waals surface area contributed by atoms with Gasteiger partial charge in [-0.2, -0.15) is 0 Å². The number of aliphatic hydroxyl groups is 1. The molecule has 2 aromatic heterocycles. The minimum absolute atomic E-state index is 0.252. The molecule has 0 unspecified atom stereocenters. The molecule has 0 radical (unpaired) electrons. The first kappa shape index (κ1) is 24.5. The number of aliphatic hydroxyl groups excluding tert-OH is 1. The van der Waals surface area contributed by atoms with Gasteiger partial charge in [-0.15, -0.1) is 23.1 Å². The number of nitrogens with zero attached hydrogens (tertiary/aromatic N) is 2. The molecule has 3 heterocycles. The van der Waals surface area contributed by atoms with Crippen LogP contribution >= 0.6 is 23.1 Å². The SMILES string of the molecule is CN[C@H](CC[C@@H]1CCN(CCSc2cccs2)C[C@@H]1CO)c1ccnc2ccc(OC)cc12. The molecule has 1 aliphatic rings. The number of pyridine rings is 1. The second kappa shape index (κ2) is 12.2. The highest BCUT2D eigenvalue weighted by Gasteiger charge is 2.29. The fraction of sp³-hybridized carbons (Fsp3) is 0.500. The number of thioether (sulfide) groups is 1. The molecule has 178 valence electrons. The zero-order chi connectivity index (χ0) is 23.0. The van der Waals surface area contributed by atoms with Gasteiger partial charge in [-0.25, -0.2) is 0 Å². The summed E-state index contributed by atoms with van der Waals surface area (Å²) < 4.78 is 6.84. The van der Waals surface area contributed by atoms with Crippen molar-refractivity contribution in [1.82, 2.24) is 15.2 Å². The van der Waals surface area contributed by atoms with Crippen LogP contribution in [0.25, 0.3) is 10.9 Å². The van der Waals surface area contributed by atoms with Gasteiger partial charge >= 0.3 is 0 Å². The van der Waals surface area contributed by atoms with E-state index in [9.17, 15) is 5.11 Å². The van der Waals surface area contributed by atoms with Crippen LogP contribution < -0.4 is 10.1 Å². The Morgan fingerprint density at radius 1 is 1.30 bits per heavy atom. The molecule has 5 nitrogen and oxygen atoms in total. The van der Waals surface area contributed by atoms with Crippen LogP contribution in [-0.4, -0.2) is 61.1 Å². The standard InChI is InChI=1S/C26H35N3O2S2/c1-27-24(22-9-11-28-25-8-6-21(31-2)16-23(22)25)7-5-19-10-12-29(17-20(19)18-30)13-15-33-26-4-3-14-32-26/h3-4,6,8-9,11,14,16,19-20,24,27,30H,5,7,10,12-13,15,17-18H2,1-2H3/t19-,20-,24-/m1/s1. The predicted molar refractivity (Wildman–Crippen MR) is 139 cm³/mol. The summed E-state index contributed by atoms with van der Waals surface area (Å²) in [5.41, 5.74) is 2.26. The van der Waals surface area contributed by atoms with E-state index in [2.05, 4.69) is 44.8 Å². The fourth-order valence-electron chi connectivity index (χ4n) is 4.98. The van der Waals surface area contributed by atoms with E-state index in [0.29, 0.717) is 11.8 Å². The summed E-state index contributed by atoms with van der Waals surface area (Å²) in [6, 6.07) is 12.8. The van der Waals surface area contributed by atoms with Crippen molar-refractivity contribution < 1.29 is 9.84 Å². The van der Waals surface area contributed by atoms with Crippen molar-refractivity contribution in [2.75, 3.05) is 46.2 Å². The molecule has 1 saturated heterocycles. The number of aromatic nitrogens is 1. The Kier molecular flexibility index (Phi) is 9.03. The number of thiophene rings is 1. The van der Waals surface area contributed by atoms with Crippen LogP contribution in [0.1, 0.15) is 30.9 Å². The number of nitrogens with one attached hydrogen (secondary N) is 1. The van der Waals surface area contributed by atoms with Crippen molar-refractivity contribution in [3.8, 4) is 5.75 Å². The lowest BCUT2D eigenvalue weighted by molar-refractivity contribution is 0.0696. The van der Waals surface area contributed by atoms with Crippen LogP contribution in [0.15, 0.2) is 52.2 Å². The first-order valence-corrected chi connectivity index (χ1v) is 13.7. The molecule has 1 aliphatic heterocycles. The maximum Gasteiger partial charge on any atom is 0.119 e. The Bertz CT molecular complexity index is 998. The van der Waals surface area contributed by atoms with Crippen LogP contribution in [0, 0.1) is 11.8 Å². The Labute approximate surface area is 205 Å². The van der Waals surface area contributed by atoms with Gasteiger partial charge in [0.15, 0.2) is 0 Å². The molecule has 0 spiro atoms. The van der Waals surface area contributed by atoms with Crippen LogP contribution in [0.5, 0.6) is 5.75 Å². The summed E-state index contributed by atoms with van der Waals surface area (Å²) in [4.78, 5) is 7.07. The quantitative estimate of drug-likeness (QED) is 0.370. The van der Waals surface area contributed by atoms with Gasteiger partial charge in [-0.05, 0) is 86.0 Å². The van der Waals surface area contributed by atoms with Gasteiger partial charge < -0.3 is 20.1 Å². The minimum atomic E-state index is 0.252. The van der Waals surface area contributed by atoms with Crippen molar-refractivity contribution in [1.29, 1.82) is 0 Å². The van der Waals surface area contributed by atoms with Gasteiger partial charge in [0.1, 0.15) is 5.75 Å². The Balaban J connectivity index is 1.34. The van der Waals surface area contributed by atoms with Crippen molar-refractivity contribution in [2.24, 2.45) is 11.8 Å². The summed E-state index contributed by atoms with van der Waals surface area (Å²) in [5.74, 6) is 2.90. The third-order valence-corrected chi connectivity index (χ3v) is 9.00. The van der Waals surface area contributed by atoms with Crippen LogP contribution in [-0.2, 0) is 0 Å². The zero-order valence-electron chi connectivity index (χ0n) is 19.6. The number of ether oxygens (including phenoxy) is 1. The number of hydrogen-bond donors (Lipinski definition) is 2. The smallest absolute Gasteiger partial charge is 0.119 e. The van der Waals surface area contributed by atoms with Crippen LogP contribution in [0.2, 0.25) is 0 Å². The summed E-state index contributed by atoms with van der Waals surface area (Å²) >= 11 is 3.76. The second-order valence-corrected chi connectivity index (χ2v) is 11.1. The molecule has 4 rings (SSSR count). The summed E-state index contributed by atoms with van der Waals surface area (Å²) in [5, 5.41) is 16.9. The molecule has 1 fully saturated rings. The number of hydrogen-bond acceptors (Lipinski definition) is 7. The molecule has 0 amide bonds. The maximum atomic E-state index is 10.1. The molecule has 33 heavy (non-hydrogen) atoms. The van der Waals surface area contributed by atoms with Crippen molar-refractivity contribution in [3.05, 3.63) is 53.5 Å². The average molecular weight is 486 g/mol. The Morgan fingerprint density at radius 3 is 2.97 bits per heavy atom. The van der Waals surface area contributed by atoms with E-state index < -0.39 is 0 Å². The maximum absolute atomic E-state index is 10.1. The second-order valence-electron chi connectivity index (χ2n) is 8.77. The number of methoxy groups -OCH3 is 1. The number of rotatable bonds is 11. The van der Waals surface area contributed by atoms with Crippen molar-refractivity contribution in [2.45, 2.75) is 29.5 Å². The van der Waals surface area contributed by atoms with Gasteiger partial charge in [0.25, 0.3) is 0 Å². The van der Waals surface area contributed by atoms with Gasteiger partial charge in [0.2, 0.25) is 0 Å². The number of likely N-dealkylation sites (tertiary alicyclic amines) is 1. The van der Waals surface area contributed by atoms with Gasteiger partial charge in [0.05, 0.1) is 16.8 Å². The Hall–Kier alpha value is -1.64. The Morgan fingerprint density at radius 2 is 2.21 bits per heavy atom. The largest absolute Gasteiger partial charge is 0.497 e. The topological polar surface area (TPSA) is 57.6 Å². The van der Waals surface area contributed by atoms with Crippen LogP contribution in [0.4, 0.5) is 0 Å². The molecular formula is C26H35N3O2S2. The normalized spacial score (nSPS) is 20.2. The van der Waals surface area contributed by atoms with Crippen LogP contribution in [0.3, 0.4) is 0 Å². The van der Waals surface area contributed by atoms with E-state index in [1.807, 2.05) is 48.5 Å². The lowest BCUT2D eigenvalue weighted by atomic mass is 9.81. The molecule has 7 heteroatoms. The highest BCUT2D eigenvalue weighted by Crippen LogP contribution is 2.33. The highest BCUT2D eigenvalue weighted by atomic mass is 32.2. The molecular weight excluding hydrogens is 450 g/mol. The minimum Gasteiger partial charge on any atom is -0.497 e. The molecule has 3 aromatic rings. The first-order chi connectivity index (χ1) is 16.2. The summed E-state index contributed by atoms with van der Waals surface area (Å²) in [7, 11) is 3.74. The third-order valence-electron chi connectivity index (χ3n) is 6.89. The summed E-state index contributed by atoms with van der Waals surface area (Å²) in [6.07, 6.45) is 5.22. The average Bonchev–Trinajstić information content (AvgIpc) is 3.38. The van der Waals surface area contributed by atoms with E-state index in [1.54, 1.807) is 7.11 Å². The molecule has 1 aromatic carbocycles. The molecule has 0 aliphatic carbocycles. The van der Waals surface area contributed by atoms with E-state index in [-0.39, 0.29) is 12.6 Å². The van der Waals surface area contributed by atoms with Gasteiger partial charge in [-0.3, -0.25) is 4.98 Å². The fourth-order valence-corrected chi connectivity index (χ4v) is 6.84. The number of piperidine rings is 1. The monoisotopic (exact) mass is 485 g/mol. The lowest BCUT2D eigenvalue weighted by Gasteiger charge is -2.38. The van der Waals surface area contributed by atoms with Gasteiger partial charge in [-0.1, -0.05) is 6.07 Å². The van der Waals surface area contributed by atoms with Crippen molar-refractivity contribution >= 4 is 34.0 Å². The van der Waals surface area contributed by atoms with E-state index in [1.165, 1.54) is 9.77 Å². The highest BCUT2D eigenvalue weighted by molar-refractivity contribution is 8.01. The molecule has 2 N–H and O–H groups in total. The lowest BCUT2D eigenvalue weighted by Crippen LogP contribution is -2.43. The molecule has 3 atom stereocenters. The third kappa shape index (κ3) is 6.28. The summed E-state index contributed by atoms with van der Waals surface area (Å²) in [6.45, 7) is 3.51. The first-order valence-electron chi connectivity index (χ1n) is 11.8. The van der Waals surface area contributed by atoms with E-state index in [0.717, 1.165) is 61.3 Å². The van der Waals surface area contributed by atoms with E-state index >= 15 is 0 Å². The molecule has 0 saturated carbocycles. The number of benzene rings is 1. The van der Waals surface area contributed by atoms with Crippen molar-refractivity contribution in [3.63, 3.8) is 0 Å².